The second-order valence-electron chi connectivity index (χ2n) is 4.57. The normalized spacial score (nSPS) is 10.5. The van der Waals surface area contributed by atoms with Crippen LogP contribution in [0, 0.1) is 6.92 Å². The molecule has 1 aromatic heterocycles. The Hall–Kier alpha value is -1.14. The molecule has 0 saturated heterocycles. The highest BCUT2D eigenvalue weighted by Gasteiger charge is 2.14. The first-order chi connectivity index (χ1) is 10.1. The van der Waals surface area contributed by atoms with E-state index in [0.29, 0.717) is 5.82 Å². The maximum atomic E-state index is 5.41. The smallest absolute Gasteiger partial charge is 0.165 e. The minimum absolute atomic E-state index is 0.646. The molecule has 0 spiro atoms. The summed E-state index contributed by atoms with van der Waals surface area (Å²) in [6.07, 6.45) is 1.03. The van der Waals surface area contributed by atoms with Gasteiger partial charge in [-0.2, -0.15) is 0 Å². The van der Waals surface area contributed by atoms with E-state index >= 15 is 0 Å². The average Bonchev–Trinajstić information content (AvgIpc) is 2.48. The van der Waals surface area contributed by atoms with Gasteiger partial charge >= 0.3 is 0 Å². The molecule has 0 saturated carbocycles. The minimum atomic E-state index is 0.646. The maximum Gasteiger partial charge on any atom is 0.165 e. The molecule has 6 heteroatoms. The van der Waals surface area contributed by atoms with Gasteiger partial charge in [-0.1, -0.05) is 22.9 Å². The minimum Gasteiger partial charge on any atom is -0.496 e. The summed E-state index contributed by atoms with van der Waals surface area (Å²) in [5.41, 5.74) is 1.75. The molecule has 0 aliphatic heterocycles. The molecule has 0 unspecified atom stereocenters. The summed E-state index contributed by atoms with van der Waals surface area (Å²) in [5, 5.41) is 3.32. The van der Waals surface area contributed by atoms with Crippen molar-refractivity contribution in [2.45, 2.75) is 20.3 Å². The van der Waals surface area contributed by atoms with Crippen molar-refractivity contribution < 1.29 is 4.74 Å². The summed E-state index contributed by atoms with van der Waals surface area (Å²) in [5.74, 6) is 2.20. The molecule has 0 bridgehead atoms. The van der Waals surface area contributed by atoms with E-state index in [1.54, 1.807) is 7.11 Å². The molecule has 0 aliphatic carbocycles. The van der Waals surface area contributed by atoms with Crippen LogP contribution in [0.25, 0.3) is 11.4 Å². The number of nitrogens with zero attached hydrogens (tertiary/aromatic N) is 2. The number of benzene rings is 1. The van der Waals surface area contributed by atoms with Crippen molar-refractivity contribution in [3.05, 3.63) is 32.8 Å². The molecule has 0 atom stereocenters. The number of rotatable bonds is 5. The number of halogens is 2. The number of nitrogens with one attached hydrogen (secondary N) is 1. The van der Waals surface area contributed by atoms with Crippen molar-refractivity contribution in [2.24, 2.45) is 0 Å². The lowest BCUT2D eigenvalue weighted by Crippen LogP contribution is -2.06. The van der Waals surface area contributed by atoms with Crippen molar-refractivity contribution in [1.29, 1.82) is 0 Å². The maximum absolute atomic E-state index is 5.41. The first kappa shape index (κ1) is 16.2. The Morgan fingerprint density at radius 3 is 2.67 bits per heavy atom. The van der Waals surface area contributed by atoms with Crippen molar-refractivity contribution in [3.8, 4) is 17.1 Å². The van der Waals surface area contributed by atoms with Gasteiger partial charge in [-0.25, -0.2) is 9.97 Å². The van der Waals surface area contributed by atoms with Gasteiger partial charge in [0.25, 0.3) is 0 Å². The number of hydrogen-bond donors (Lipinski definition) is 1. The first-order valence-corrected chi connectivity index (χ1v) is 8.27. The zero-order chi connectivity index (χ0) is 15.4. The summed E-state index contributed by atoms with van der Waals surface area (Å²) in [6, 6.07) is 5.80. The molecule has 2 rings (SSSR count). The topological polar surface area (TPSA) is 47.0 Å². The van der Waals surface area contributed by atoms with Crippen LogP contribution in [0.4, 0.5) is 5.82 Å². The number of hydrogen-bond acceptors (Lipinski definition) is 4. The van der Waals surface area contributed by atoms with Crippen LogP contribution in [0.1, 0.15) is 19.0 Å². The Morgan fingerprint density at radius 2 is 2.00 bits per heavy atom. The van der Waals surface area contributed by atoms with Crippen LogP contribution >= 0.6 is 31.9 Å². The fourth-order valence-corrected chi connectivity index (χ4v) is 2.57. The fourth-order valence-electron chi connectivity index (χ4n) is 1.90. The number of aryl methyl sites for hydroxylation is 1. The van der Waals surface area contributed by atoms with Crippen LogP contribution in [0.5, 0.6) is 5.75 Å². The monoisotopic (exact) mass is 413 g/mol. The number of anilines is 1. The third kappa shape index (κ3) is 3.74. The quantitative estimate of drug-likeness (QED) is 0.762. The van der Waals surface area contributed by atoms with Crippen molar-refractivity contribution in [3.63, 3.8) is 0 Å². The van der Waals surface area contributed by atoms with Gasteiger partial charge in [0, 0.05) is 11.0 Å². The van der Waals surface area contributed by atoms with E-state index in [1.807, 2.05) is 25.1 Å². The van der Waals surface area contributed by atoms with Gasteiger partial charge in [-0.05, 0) is 47.5 Å². The van der Waals surface area contributed by atoms with Crippen LogP contribution in [-0.2, 0) is 0 Å². The van der Waals surface area contributed by atoms with Crippen LogP contribution in [0.15, 0.2) is 27.1 Å². The summed E-state index contributed by atoms with van der Waals surface area (Å²) in [6.45, 7) is 4.94. The SMILES string of the molecule is CCCNc1nc(-c2cc(Br)ccc2OC)nc(C)c1Br. The van der Waals surface area contributed by atoms with Gasteiger partial charge in [0.15, 0.2) is 5.82 Å². The number of methoxy groups -OCH3 is 1. The van der Waals surface area contributed by atoms with Crippen LogP contribution in [0.3, 0.4) is 0 Å². The molecule has 0 radical (unpaired) electrons. The molecule has 1 heterocycles. The molecule has 1 N–H and O–H groups in total. The third-order valence-corrected chi connectivity index (χ3v) is 4.40. The third-order valence-electron chi connectivity index (χ3n) is 2.96. The predicted octanol–water partition coefficient (Wildman–Crippen LogP) is 4.81. The Morgan fingerprint density at radius 1 is 1.24 bits per heavy atom. The van der Waals surface area contributed by atoms with Crippen molar-refractivity contribution >= 4 is 37.7 Å². The van der Waals surface area contributed by atoms with Crippen LogP contribution in [0.2, 0.25) is 0 Å². The zero-order valence-corrected chi connectivity index (χ0v) is 15.4. The Kier molecular flexibility index (Phi) is 5.58. The lowest BCUT2D eigenvalue weighted by molar-refractivity contribution is 0.416. The molecule has 112 valence electrons. The molecular weight excluding hydrogens is 398 g/mol. The lowest BCUT2D eigenvalue weighted by Gasteiger charge is -2.13. The summed E-state index contributed by atoms with van der Waals surface area (Å²) in [7, 11) is 1.65. The molecule has 2 aromatic rings. The molecule has 4 nitrogen and oxygen atoms in total. The molecule has 0 aliphatic rings. The largest absolute Gasteiger partial charge is 0.496 e. The fraction of sp³-hybridized carbons (Fsp3) is 0.333. The Bertz CT molecular complexity index is 647. The Balaban J connectivity index is 2.53. The number of aromatic nitrogens is 2. The van der Waals surface area contributed by atoms with E-state index in [-0.39, 0.29) is 0 Å². The van der Waals surface area contributed by atoms with Gasteiger partial charge in [0.1, 0.15) is 11.6 Å². The van der Waals surface area contributed by atoms with E-state index in [9.17, 15) is 0 Å². The van der Waals surface area contributed by atoms with Gasteiger partial charge in [0.2, 0.25) is 0 Å². The van der Waals surface area contributed by atoms with E-state index in [4.69, 9.17) is 4.74 Å². The van der Waals surface area contributed by atoms with Gasteiger partial charge in [-0.15, -0.1) is 0 Å². The zero-order valence-electron chi connectivity index (χ0n) is 12.2. The second-order valence-corrected chi connectivity index (χ2v) is 6.28. The van der Waals surface area contributed by atoms with Gasteiger partial charge in [-0.3, -0.25) is 0 Å². The standard InChI is InChI=1S/C15H17Br2N3O/c1-4-7-18-15-13(17)9(2)19-14(20-15)11-8-10(16)5-6-12(11)21-3/h5-6,8H,4,7H2,1-3H3,(H,18,19,20). The lowest BCUT2D eigenvalue weighted by atomic mass is 10.2. The number of ether oxygens (including phenoxy) is 1. The molecular formula is C15H17Br2N3O. The second kappa shape index (κ2) is 7.22. The molecule has 0 amide bonds. The van der Waals surface area contributed by atoms with Crippen molar-refractivity contribution in [1.82, 2.24) is 9.97 Å². The highest BCUT2D eigenvalue weighted by atomic mass is 79.9. The van der Waals surface area contributed by atoms with Crippen molar-refractivity contribution in [2.75, 3.05) is 19.0 Å². The first-order valence-electron chi connectivity index (χ1n) is 6.68. The van der Waals surface area contributed by atoms with Gasteiger partial charge < -0.3 is 10.1 Å². The van der Waals surface area contributed by atoms with E-state index in [2.05, 4.69) is 54.1 Å². The molecule has 0 fully saturated rings. The summed E-state index contributed by atoms with van der Waals surface area (Å²) < 4.78 is 7.27. The highest BCUT2D eigenvalue weighted by molar-refractivity contribution is 9.11. The van der Waals surface area contributed by atoms with E-state index in [0.717, 1.165) is 44.7 Å². The summed E-state index contributed by atoms with van der Waals surface area (Å²) in [4.78, 5) is 9.18. The van der Waals surface area contributed by atoms with Crippen LogP contribution in [-0.4, -0.2) is 23.6 Å². The highest BCUT2D eigenvalue weighted by Crippen LogP contribution is 2.33. The predicted molar refractivity (Wildman–Crippen MR) is 92.9 cm³/mol. The Labute approximate surface area is 141 Å². The van der Waals surface area contributed by atoms with E-state index in [1.165, 1.54) is 0 Å². The van der Waals surface area contributed by atoms with Gasteiger partial charge in [0.05, 0.1) is 22.8 Å². The average molecular weight is 415 g/mol. The molecule has 21 heavy (non-hydrogen) atoms. The van der Waals surface area contributed by atoms with Crippen LogP contribution < -0.4 is 10.1 Å². The molecule has 1 aromatic carbocycles. The van der Waals surface area contributed by atoms with E-state index < -0.39 is 0 Å². The summed E-state index contributed by atoms with van der Waals surface area (Å²) >= 11 is 7.02.